The number of aromatic nitrogens is 3. The Bertz CT molecular complexity index is 826. The number of amides is 2. The minimum Gasteiger partial charge on any atom is -0.339 e. The maximum absolute atomic E-state index is 12.3. The summed E-state index contributed by atoms with van der Waals surface area (Å²) in [6.45, 7) is 5.27. The van der Waals surface area contributed by atoms with E-state index in [-0.39, 0.29) is 17.6 Å². The summed E-state index contributed by atoms with van der Waals surface area (Å²) < 4.78 is 0. The number of rotatable bonds is 10. The molecule has 1 aromatic heterocycles. The first-order chi connectivity index (χ1) is 14.6. The van der Waals surface area contributed by atoms with Crippen molar-refractivity contribution in [3.05, 3.63) is 35.7 Å². The highest BCUT2D eigenvalue weighted by Crippen LogP contribution is 2.28. The molecule has 0 atom stereocenters. The van der Waals surface area contributed by atoms with Gasteiger partial charge in [0.1, 0.15) is 5.82 Å². The molecule has 0 unspecified atom stereocenters. The molecule has 30 heavy (non-hydrogen) atoms. The Balaban J connectivity index is 1.42. The van der Waals surface area contributed by atoms with Gasteiger partial charge >= 0.3 is 0 Å². The first-order valence-electron chi connectivity index (χ1n) is 10.8. The molecule has 1 aromatic carbocycles. The number of carbonyl (C=O) groups is 2. The van der Waals surface area contributed by atoms with Gasteiger partial charge in [-0.3, -0.25) is 14.7 Å². The minimum absolute atomic E-state index is 0.00164. The quantitative estimate of drug-likeness (QED) is 0.554. The van der Waals surface area contributed by atoms with Gasteiger partial charge in [0.2, 0.25) is 11.1 Å². The molecule has 8 heteroatoms. The third kappa shape index (κ3) is 6.32. The molecule has 0 bridgehead atoms. The maximum Gasteiger partial charge on any atom is 0.253 e. The van der Waals surface area contributed by atoms with Crippen LogP contribution in [-0.4, -0.2) is 50.7 Å². The van der Waals surface area contributed by atoms with Crippen LogP contribution in [-0.2, 0) is 11.2 Å². The molecule has 2 amide bonds. The second-order valence-corrected chi connectivity index (χ2v) is 8.59. The van der Waals surface area contributed by atoms with Gasteiger partial charge in [-0.1, -0.05) is 37.4 Å². The molecule has 3 rings (SSSR count). The van der Waals surface area contributed by atoms with Gasteiger partial charge in [-0.05, 0) is 50.5 Å². The first kappa shape index (κ1) is 22.3. The van der Waals surface area contributed by atoms with Crippen LogP contribution in [0.2, 0.25) is 0 Å². The van der Waals surface area contributed by atoms with Crippen LogP contribution in [0.3, 0.4) is 0 Å². The summed E-state index contributed by atoms with van der Waals surface area (Å²) in [7, 11) is 0. The number of thioether (sulfide) groups is 1. The van der Waals surface area contributed by atoms with Gasteiger partial charge in [-0.25, -0.2) is 4.98 Å². The fourth-order valence-electron chi connectivity index (χ4n) is 3.81. The molecule has 2 N–H and O–H groups in total. The molecular weight excluding hydrogens is 398 g/mol. The van der Waals surface area contributed by atoms with Crippen molar-refractivity contribution in [3.63, 3.8) is 0 Å². The van der Waals surface area contributed by atoms with Crippen molar-refractivity contribution in [1.29, 1.82) is 0 Å². The van der Waals surface area contributed by atoms with Crippen molar-refractivity contribution in [2.75, 3.05) is 24.2 Å². The molecule has 1 saturated carbocycles. The predicted molar refractivity (Wildman–Crippen MR) is 120 cm³/mol. The Labute approximate surface area is 182 Å². The summed E-state index contributed by atoms with van der Waals surface area (Å²) in [6, 6.07) is 7.01. The molecule has 1 aliphatic carbocycles. The number of hydrogen-bond acceptors (Lipinski definition) is 5. The lowest BCUT2D eigenvalue weighted by atomic mass is 10.0. The van der Waals surface area contributed by atoms with E-state index in [2.05, 4.69) is 20.5 Å². The Morgan fingerprint density at radius 3 is 2.53 bits per heavy atom. The van der Waals surface area contributed by atoms with Crippen LogP contribution in [0.1, 0.15) is 62.1 Å². The number of carbonyl (C=O) groups excluding carboxylic acids is 2. The van der Waals surface area contributed by atoms with E-state index in [1.807, 2.05) is 13.8 Å². The Morgan fingerprint density at radius 2 is 1.87 bits per heavy atom. The number of nitrogens with one attached hydrogen (secondary N) is 2. The Morgan fingerprint density at radius 1 is 1.17 bits per heavy atom. The number of aromatic amines is 1. The summed E-state index contributed by atoms with van der Waals surface area (Å²) in [6.07, 6.45) is 7.45. The second-order valence-electron chi connectivity index (χ2n) is 7.65. The van der Waals surface area contributed by atoms with E-state index in [0.29, 0.717) is 29.5 Å². The second kappa shape index (κ2) is 11.2. The standard InChI is InChI=1S/C22H31N5O2S/c1-3-27(4-2)21(29)17-10-12-18(13-11-17)23-20(28)15-30-22-24-19(25-26-22)14-9-16-7-5-6-8-16/h10-13,16H,3-9,14-15H2,1-2H3,(H,23,28)(H,24,25,26). The van der Waals surface area contributed by atoms with E-state index in [4.69, 9.17) is 0 Å². The fraction of sp³-hybridized carbons (Fsp3) is 0.545. The Kier molecular flexibility index (Phi) is 8.30. The average molecular weight is 430 g/mol. The van der Waals surface area contributed by atoms with Crippen molar-refractivity contribution in [2.24, 2.45) is 5.92 Å². The summed E-state index contributed by atoms with van der Waals surface area (Å²) in [5.74, 6) is 1.84. The van der Waals surface area contributed by atoms with Crippen LogP contribution in [0.15, 0.2) is 29.4 Å². The van der Waals surface area contributed by atoms with Crippen LogP contribution in [0.25, 0.3) is 0 Å². The smallest absolute Gasteiger partial charge is 0.253 e. The highest BCUT2D eigenvalue weighted by Gasteiger charge is 2.16. The monoisotopic (exact) mass is 429 g/mol. The molecule has 1 heterocycles. The molecule has 0 spiro atoms. The number of aryl methyl sites for hydroxylation is 1. The van der Waals surface area contributed by atoms with Crippen LogP contribution in [0, 0.1) is 5.92 Å². The fourth-order valence-corrected chi connectivity index (χ4v) is 4.43. The van der Waals surface area contributed by atoms with Crippen LogP contribution >= 0.6 is 11.8 Å². The van der Waals surface area contributed by atoms with E-state index in [1.54, 1.807) is 29.2 Å². The SMILES string of the molecule is CCN(CC)C(=O)c1ccc(NC(=O)CSc2n[nH]c(CCC3CCCC3)n2)cc1. The van der Waals surface area contributed by atoms with E-state index in [1.165, 1.54) is 37.4 Å². The number of nitrogens with zero attached hydrogens (tertiary/aromatic N) is 3. The van der Waals surface area contributed by atoms with Gasteiger partial charge in [0.15, 0.2) is 0 Å². The normalized spacial score (nSPS) is 14.1. The van der Waals surface area contributed by atoms with Crippen molar-refractivity contribution in [3.8, 4) is 0 Å². The van der Waals surface area contributed by atoms with Gasteiger partial charge in [-0.15, -0.1) is 5.10 Å². The van der Waals surface area contributed by atoms with Crippen LogP contribution in [0.5, 0.6) is 0 Å². The molecule has 7 nitrogen and oxygen atoms in total. The van der Waals surface area contributed by atoms with Gasteiger partial charge < -0.3 is 10.2 Å². The zero-order chi connectivity index (χ0) is 21.3. The van der Waals surface area contributed by atoms with Crippen molar-refractivity contribution in [1.82, 2.24) is 20.1 Å². The number of anilines is 1. The summed E-state index contributed by atoms with van der Waals surface area (Å²) in [5, 5.41) is 10.7. The van der Waals surface area contributed by atoms with Gasteiger partial charge in [-0.2, -0.15) is 0 Å². The molecule has 0 radical (unpaired) electrons. The summed E-state index contributed by atoms with van der Waals surface area (Å²) in [4.78, 5) is 30.8. The topological polar surface area (TPSA) is 91.0 Å². The van der Waals surface area contributed by atoms with E-state index < -0.39 is 0 Å². The number of hydrogen-bond donors (Lipinski definition) is 2. The molecule has 2 aromatic rings. The lowest BCUT2D eigenvalue weighted by Gasteiger charge is -2.18. The van der Waals surface area contributed by atoms with E-state index >= 15 is 0 Å². The van der Waals surface area contributed by atoms with Crippen LogP contribution in [0.4, 0.5) is 5.69 Å². The van der Waals surface area contributed by atoms with Gasteiger partial charge in [0, 0.05) is 30.8 Å². The molecule has 1 aliphatic rings. The first-order valence-corrected chi connectivity index (χ1v) is 11.8. The Hall–Kier alpha value is -2.35. The molecule has 0 saturated heterocycles. The van der Waals surface area contributed by atoms with E-state index in [9.17, 15) is 9.59 Å². The molecule has 162 valence electrons. The van der Waals surface area contributed by atoms with Crippen LogP contribution < -0.4 is 5.32 Å². The zero-order valence-corrected chi connectivity index (χ0v) is 18.6. The largest absolute Gasteiger partial charge is 0.339 e. The highest BCUT2D eigenvalue weighted by atomic mass is 32.2. The lowest BCUT2D eigenvalue weighted by Crippen LogP contribution is -2.30. The van der Waals surface area contributed by atoms with Crippen molar-refractivity contribution >= 4 is 29.3 Å². The van der Waals surface area contributed by atoms with Gasteiger partial charge in [0.05, 0.1) is 5.75 Å². The average Bonchev–Trinajstić information content (AvgIpc) is 3.44. The molecule has 0 aliphatic heterocycles. The minimum atomic E-state index is -0.125. The highest BCUT2D eigenvalue weighted by molar-refractivity contribution is 7.99. The lowest BCUT2D eigenvalue weighted by molar-refractivity contribution is -0.113. The summed E-state index contributed by atoms with van der Waals surface area (Å²) >= 11 is 1.32. The maximum atomic E-state index is 12.3. The number of benzene rings is 1. The van der Waals surface area contributed by atoms with Crippen molar-refractivity contribution in [2.45, 2.75) is 57.5 Å². The molecular formula is C22H31N5O2S. The molecule has 1 fully saturated rings. The third-order valence-electron chi connectivity index (χ3n) is 5.57. The van der Waals surface area contributed by atoms with Gasteiger partial charge in [0.25, 0.3) is 5.91 Å². The zero-order valence-electron chi connectivity index (χ0n) is 17.8. The number of H-pyrrole nitrogens is 1. The van der Waals surface area contributed by atoms with E-state index in [0.717, 1.165) is 24.6 Å². The predicted octanol–water partition coefficient (Wildman–Crippen LogP) is 4.14. The van der Waals surface area contributed by atoms with Crippen molar-refractivity contribution < 1.29 is 9.59 Å². The third-order valence-corrected chi connectivity index (χ3v) is 6.42. The summed E-state index contributed by atoms with van der Waals surface area (Å²) in [5.41, 5.74) is 1.29.